The highest BCUT2D eigenvalue weighted by atomic mass is 79.9. The summed E-state index contributed by atoms with van der Waals surface area (Å²) in [7, 11) is 1.55. The molecule has 0 radical (unpaired) electrons. The molecule has 1 aliphatic rings. The van der Waals surface area contributed by atoms with Gasteiger partial charge in [-0.2, -0.15) is 69.2 Å². The van der Waals surface area contributed by atoms with Crippen molar-refractivity contribution in [2.45, 2.75) is 101 Å². The van der Waals surface area contributed by atoms with Crippen molar-refractivity contribution in [3.63, 3.8) is 0 Å². The molecule has 138 heavy (non-hydrogen) atoms. The summed E-state index contributed by atoms with van der Waals surface area (Å²) in [5.41, 5.74) is 11.5. The average molecular weight is 2030 g/mol. The van der Waals surface area contributed by atoms with Gasteiger partial charge in [-0.1, -0.05) is 263 Å². The van der Waals surface area contributed by atoms with Gasteiger partial charge in [-0.3, -0.25) is 28.8 Å². The Morgan fingerprint density at radius 3 is 1.31 bits per heavy atom. The van der Waals surface area contributed by atoms with E-state index in [-0.39, 0.29) is 61.6 Å². The monoisotopic (exact) mass is 2020 g/mol. The zero-order valence-electron chi connectivity index (χ0n) is 75.5. The molecule has 0 bridgehead atoms. The van der Waals surface area contributed by atoms with Gasteiger partial charge in [0.1, 0.15) is 32.6 Å². The van der Waals surface area contributed by atoms with E-state index in [4.69, 9.17) is 32.7 Å². The molecule has 18 rings (SSSR count). The fourth-order valence-electron chi connectivity index (χ4n) is 13.7. The summed E-state index contributed by atoms with van der Waals surface area (Å²) >= 11 is 25.5. The van der Waals surface area contributed by atoms with Gasteiger partial charge in [-0.05, 0) is 178 Å². The summed E-state index contributed by atoms with van der Waals surface area (Å²) in [6, 6.07) is 104. The van der Waals surface area contributed by atoms with E-state index >= 15 is 0 Å². The second kappa shape index (κ2) is 51.2. The molecule has 1 aliphatic heterocycles. The van der Waals surface area contributed by atoms with E-state index in [2.05, 4.69) is 88.3 Å². The lowest BCUT2D eigenvalue weighted by molar-refractivity contribution is 0.231. The number of anilines is 1. The van der Waals surface area contributed by atoms with Crippen LogP contribution >= 0.6 is 98.8 Å². The van der Waals surface area contributed by atoms with E-state index in [1.807, 2.05) is 283 Å². The Kier molecular flexibility index (Phi) is 37.6. The standard InChI is InChI=1S/C24H19ClN2OS2.C22H23N3OS.C19H12N4O.C19H18N2O2S.C13H14N2O2S.C10H6BrClN2O/c25-20-13-11-19(12-14-20)17-30-23-22(29-16-18-7-3-1-4-8-18)15-26-27(24(23)28)21-9-5-2-6-10-21;26-22-21(27-17-18-10-4-1-5-11-18)20(24-14-8-3-9-15-24)16-23-25(22)19-12-6-2-7-13-19;1-13-7-9-15(10-8-13)23-19(24)16(11-20)18(17(12-21)22-23)14-5-3-2-4-6-14;1-14-8-10-16(11-9-14)21-19(22)18(17(23-2)12-20-21)24-13-15-6-4-3-5-7-15;1-9(2)17-12-11(18)8-14-15(13(12)16)10-6-4-3-5-7-10;11-7-1-3-8(4-2-7)14-10(15)6-5-9(12)13-14/h1-15H,16-17H2;1-2,4-7,10-13,16H,3,8-9,14-15,17H2;2-10H,1H3;3-12H,13H2,1-2H3;3-9,18H,1-2H3;1-6H. The van der Waals surface area contributed by atoms with Crippen molar-refractivity contribution >= 4 is 104 Å². The van der Waals surface area contributed by atoms with E-state index in [1.54, 1.807) is 91.6 Å². The van der Waals surface area contributed by atoms with Gasteiger partial charge < -0.3 is 14.4 Å². The fraction of sp³-hybridized carbons (Fsp3) is 0.140. The van der Waals surface area contributed by atoms with Crippen LogP contribution in [0.15, 0.2) is 404 Å². The van der Waals surface area contributed by atoms with Crippen LogP contribution < -0.4 is 47.7 Å². The van der Waals surface area contributed by atoms with Crippen LogP contribution in [0.5, 0.6) is 11.5 Å². The van der Waals surface area contributed by atoms with Crippen molar-refractivity contribution in [1.29, 1.82) is 10.5 Å². The van der Waals surface area contributed by atoms with Crippen molar-refractivity contribution in [2.75, 3.05) is 25.1 Å². The van der Waals surface area contributed by atoms with Crippen LogP contribution in [0.2, 0.25) is 10.2 Å². The first-order chi connectivity index (χ1) is 67.1. The minimum absolute atomic E-state index is 0.0368. The molecule has 0 spiro atoms. The number of aryl methyl sites for hydroxylation is 2. The molecule has 31 heteroatoms. The maximum absolute atomic E-state index is 13.3. The first-order valence-corrected chi connectivity index (χ1v) is 49.4. The smallest absolute Gasteiger partial charge is 0.314 e. The van der Waals surface area contributed by atoms with Crippen LogP contribution in [-0.2, 0) is 23.0 Å². The molecule has 23 nitrogen and oxygen atoms in total. The average Bonchev–Trinajstić information content (AvgIpc) is 0.751. The first kappa shape index (κ1) is 101. The number of thiol groups is 1. The highest BCUT2D eigenvalue weighted by molar-refractivity contribution is 9.10. The number of piperidine rings is 1. The molecule has 0 saturated carbocycles. The van der Waals surface area contributed by atoms with Gasteiger partial charge in [0, 0.05) is 62.1 Å². The quantitative estimate of drug-likeness (QED) is 0.0460. The summed E-state index contributed by atoms with van der Waals surface area (Å²) in [6.45, 7) is 9.65. The molecule has 6 aromatic heterocycles. The Hall–Kier alpha value is -14.1. The highest BCUT2D eigenvalue weighted by Gasteiger charge is 2.24. The normalized spacial score (nSPS) is 11.2. The zero-order valence-corrected chi connectivity index (χ0v) is 82.8. The number of rotatable bonds is 23. The number of aromatic nitrogens is 12. The Bertz CT molecular complexity index is 7400. The molecule has 0 amide bonds. The number of hydrogen-bond acceptors (Lipinski definition) is 22. The minimum atomic E-state index is -0.542. The van der Waals surface area contributed by atoms with Crippen molar-refractivity contribution < 1.29 is 9.47 Å². The molecule has 694 valence electrons. The number of benzene rings is 11. The van der Waals surface area contributed by atoms with Crippen LogP contribution in [0.3, 0.4) is 0 Å². The largest absolute Gasteiger partial charge is 0.494 e. The second-order valence-corrected chi connectivity index (χ2v) is 37.1. The minimum Gasteiger partial charge on any atom is -0.494 e. The predicted octanol–water partition coefficient (Wildman–Crippen LogP) is 22.7. The summed E-state index contributed by atoms with van der Waals surface area (Å²) in [5, 5.41) is 45.3. The number of nitrogens with zero attached hydrogens (tertiary/aromatic N) is 15. The first-order valence-electron chi connectivity index (χ1n) is 43.5. The van der Waals surface area contributed by atoms with Crippen molar-refractivity contribution in [2.24, 2.45) is 0 Å². The molecule has 17 aromatic rings. The van der Waals surface area contributed by atoms with Crippen LogP contribution in [0.25, 0.3) is 45.3 Å². The number of ether oxygens (including phenoxy) is 2. The lowest BCUT2D eigenvalue weighted by atomic mass is 10.00. The lowest BCUT2D eigenvalue weighted by Crippen LogP contribution is -2.33. The van der Waals surface area contributed by atoms with Crippen molar-refractivity contribution in [1.82, 2.24) is 58.7 Å². The van der Waals surface area contributed by atoms with E-state index in [0.717, 1.165) is 88.5 Å². The second-order valence-electron chi connectivity index (χ2n) is 30.9. The van der Waals surface area contributed by atoms with Crippen molar-refractivity contribution in [3.05, 3.63) is 468 Å². The third-order valence-corrected chi connectivity index (χ3v) is 26.6. The van der Waals surface area contributed by atoms with Gasteiger partial charge in [-0.15, -0.1) is 59.7 Å². The van der Waals surface area contributed by atoms with Gasteiger partial charge in [0.15, 0.2) is 11.4 Å². The molecule has 1 fully saturated rings. The van der Waals surface area contributed by atoms with Crippen LogP contribution in [0, 0.1) is 36.5 Å². The molecule has 11 aromatic carbocycles. The van der Waals surface area contributed by atoms with Gasteiger partial charge in [0.25, 0.3) is 27.8 Å². The molecule has 0 aliphatic carbocycles. The Morgan fingerprint density at radius 2 is 0.819 bits per heavy atom. The third kappa shape index (κ3) is 27.9. The van der Waals surface area contributed by atoms with Gasteiger partial charge in [0.2, 0.25) is 5.75 Å². The maximum Gasteiger partial charge on any atom is 0.314 e. The molecular formula is C107H92BrCl2N15O8S5. The Morgan fingerprint density at radius 1 is 0.413 bits per heavy atom. The summed E-state index contributed by atoms with van der Waals surface area (Å²) in [6.07, 6.45) is 10.3. The summed E-state index contributed by atoms with van der Waals surface area (Å²) in [5.74, 6) is 3.67. The number of halogens is 3. The predicted molar refractivity (Wildman–Crippen MR) is 561 cm³/mol. The topological polar surface area (TPSA) is 279 Å². The molecule has 0 N–H and O–H groups in total. The fourth-order valence-corrected chi connectivity index (χ4v) is 18.6. The van der Waals surface area contributed by atoms with Crippen LogP contribution in [0.4, 0.5) is 5.69 Å². The zero-order chi connectivity index (χ0) is 97.2. The molecule has 7 heterocycles. The molecular weight excluding hydrogens is 1930 g/mol. The Labute approximate surface area is 838 Å². The number of hydrogen-bond donors (Lipinski definition) is 1. The number of nitriles is 2. The summed E-state index contributed by atoms with van der Waals surface area (Å²) < 4.78 is 19.8. The molecule has 0 unspecified atom stereocenters. The Balaban J connectivity index is 0.000000141. The van der Waals surface area contributed by atoms with E-state index in [9.17, 15) is 39.3 Å². The van der Waals surface area contributed by atoms with Gasteiger partial charge in [-0.25, -0.2) is 0 Å². The van der Waals surface area contributed by atoms with Crippen LogP contribution in [0.1, 0.15) is 77.7 Å². The SMILES string of the molecule is CC(C)Oc1c(S)cnn(-c2ccccc2)c1=O.COc1cnn(-c2ccc(C)cc2)c(=O)c1SCc1ccccc1.Cc1ccc(-n2nc(C#N)c(-c3ccccc3)c(C#N)c2=O)cc1.O=c1c(SCc2ccc(Cl)cc2)c(SCc2ccccc2)cnn1-c1ccccc1.O=c1c(SCc2ccccc2)c(N2CCCCC2)cnn1-c1ccccc1.O=c1ccc(Cl)nn1-c1ccc(Br)cc1. The van der Waals surface area contributed by atoms with E-state index < -0.39 is 5.56 Å². The number of para-hydroxylation sites is 3. The van der Waals surface area contributed by atoms with Gasteiger partial charge in [0.05, 0.1) is 87.6 Å². The third-order valence-electron chi connectivity index (χ3n) is 20.7. The maximum atomic E-state index is 13.3. The van der Waals surface area contributed by atoms with E-state index in [0.29, 0.717) is 59.6 Å². The van der Waals surface area contributed by atoms with Crippen LogP contribution in [-0.4, -0.2) is 85.0 Å². The van der Waals surface area contributed by atoms with Crippen molar-refractivity contribution in [3.8, 4) is 68.9 Å². The number of thioether (sulfide) groups is 4. The van der Waals surface area contributed by atoms with Gasteiger partial charge >= 0.3 is 5.56 Å². The lowest BCUT2D eigenvalue weighted by Gasteiger charge is -2.30. The molecule has 0 atom stereocenters. The number of methoxy groups -OCH3 is 1. The highest BCUT2D eigenvalue weighted by Crippen LogP contribution is 2.36. The summed E-state index contributed by atoms with van der Waals surface area (Å²) in [4.78, 5) is 81.7. The van der Waals surface area contributed by atoms with E-state index in [1.165, 1.54) is 95.7 Å². The molecule has 1 saturated heterocycles.